The average molecular weight is 309 g/mol. The normalized spacial score (nSPS) is 12.3. The number of pyridine rings is 1. The molecule has 5 nitrogen and oxygen atoms in total. The topological polar surface area (TPSA) is 69.2 Å². The van der Waals surface area contributed by atoms with Gasteiger partial charge in [0.05, 0.1) is 6.10 Å². The molecule has 5 heteroatoms. The van der Waals surface area contributed by atoms with Gasteiger partial charge in [0.25, 0.3) is 5.91 Å². The second-order valence-corrected chi connectivity index (χ2v) is 5.82. The van der Waals surface area contributed by atoms with Crippen molar-refractivity contribution in [3.05, 3.63) is 53.9 Å². The lowest BCUT2D eigenvalue weighted by atomic mass is 10.0. The van der Waals surface area contributed by atoms with Crippen LogP contribution in [0.1, 0.15) is 28.9 Å². The molecule has 0 spiro atoms. The van der Waals surface area contributed by atoms with E-state index in [1.807, 2.05) is 30.5 Å². The van der Waals surface area contributed by atoms with Crippen LogP contribution in [0, 0.1) is 0 Å². The summed E-state index contributed by atoms with van der Waals surface area (Å²) in [6, 6.07) is 9.44. The van der Waals surface area contributed by atoms with Crippen LogP contribution < -0.4 is 0 Å². The van der Waals surface area contributed by atoms with Crippen molar-refractivity contribution >= 4 is 16.9 Å². The molecule has 3 aromatic rings. The number of H-pyrrole nitrogens is 1. The number of aromatic amines is 1. The highest BCUT2D eigenvalue weighted by Gasteiger charge is 2.13. The molecule has 1 aromatic carbocycles. The Labute approximate surface area is 134 Å². The predicted molar refractivity (Wildman–Crippen MR) is 90.2 cm³/mol. The van der Waals surface area contributed by atoms with Crippen LogP contribution in [0.25, 0.3) is 22.2 Å². The third-order valence-corrected chi connectivity index (χ3v) is 3.86. The van der Waals surface area contributed by atoms with Gasteiger partial charge in [-0.25, -0.2) is 4.98 Å². The van der Waals surface area contributed by atoms with E-state index in [9.17, 15) is 9.90 Å². The summed E-state index contributed by atoms with van der Waals surface area (Å²) in [6.45, 7) is 1.71. The summed E-state index contributed by atoms with van der Waals surface area (Å²) < 4.78 is 0. The number of aliphatic hydroxyl groups is 1. The van der Waals surface area contributed by atoms with E-state index in [-0.39, 0.29) is 5.91 Å². The highest BCUT2D eigenvalue weighted by atomic mass is 16.3. The molecule has 0 aliphatic heterocycles. The molecular weight excluding hydrogens is 290 g/mol. The van der Waals surface area contributed by atoms with Crippen molar-refractivity contribution in [3.63, 3.8) is 0 Å². The maximum atomic E-state index is 12.1. The van der Waals surface area contributed by atoms with Gasteiger partial charge in [-0.15, -0.1) is 0 Å². The summed E-state index contributed by atoms with van der Waals surface area (Å²) in [5, 5.41) is 10.7. The van der Waals surface area contributed by atoms with Crippen molar-refractivity contribution in [2.24, 2.45) is 0 Å². The van der Waals surface area contributed by atoms with Gasteiger partial charge in [-0.05, 0) is 36.2 Å². The van der Waals surface area contributed by atoms with Crippen molar-refractivity contribution in [3.8, 4) is 11.1 Å². The highest BCUT2D eigenvalue weighted by molar-refractivity contribution is 5.98. The summed E-state index contributed by atoms with van der Waals surface area (Å²) in [6.07, 6.45) is 2.97. The fourth-order valence-corrected chi connectivity index (χ4v) is 2.56. The van der Waals surface area contributed by atoms with Crippen molar-refractivity contribution in [1.29, 1.82) is 0 Å². The van der Waals surface area contributed by atoms with E-state index in [2.05, 4.69) is 9.97 Å². The molecule has 3 rings (SSSR count). The largest absolute Gasteiger partial charge is 0.389 e. The molecule has 0 bridgehead atoms. The van der Waals surface area contributed by atoms with Crippen molar-refractivity contribution < 1.29 is 9.90 Å². The Morgan fingerprint density at radius 2 is 2.09 bits per heavy atom. The average Bonchev–Trinajstić information content (AvgIpc) is 2.97. The Hall–Kier alpha value is -2.66. The number of aliphatic hydroxyl groups excluding tert-OH is 1. The van der Waals surface area contributed by atoms with Crippen LogP contribution in [0.15, 0.2) is 42.7 Å². The molecular formula is C18H19N3O2. The zero-order valence-corrected chi connectivity index (χ0v) is 13.4. The van der Waals surface area contributed by atoms with Crippen LogP contribution in [-0.4, -0.2) is 40.0 Å². The lowest BCUT2D eigenvalue weighted by Crippen LogP contribution is -2.21. The van der Waals surface area contributed by atoms with Crippen LogP contribution in [0.2, 0.25) is 0 Å². The van der Waals surface area contributed by atoms with Crippen LogP contribution >= 0.6 is 0 Å². The van der Waals surface area contributed by atoms with Gasteiger partial charge < -0.3 is 15.0 Å². The summed E-state index contributed by atoms with van der Waals surface area (Å²) >= 11 is 0. The highest BCUT2D eigenvalue weighted by Crippen LogP contribution is 2.30. The first-order valence-electron chi connectivity index (χ1n) is 7.44. The number of fused-ring (bicyclic) bond motifs is 1. The van der Waals surface area contributed by atoms with Gasteiger partial charge in [0, 0.05) is 43.0 Å². The molecule has 23 heavy (non-hydrogen) atoms. The van der Waals surface area contributed by atoms with Gasteiger partial charge in [0.1, 0.15) is 5.65 Å². The van der Waals surface area contributed by atoms with Gasteiger partial charge in [-0.1, -0.05) is 12.1 Å². The molecule has 118 valence electrons. The molecule has 2 N–H and O–H groups in total. The Bertz CT molecular complexity index is 866. The number of benzene rings is 1. The first-order chi connectivity index (χ1) is 11.0. The monoisotopic (exact) mass is 309 g/mol. The number of rotatable bonds is 3. The molecule has 1 atom stereocenters. The second-order valence-electron chi connectivity index (χ2n) is 5.82. The van der Waals surface area contributed by atoms with E-state index in [0.717, 1.165) is 27.7 Å². The van der Waals surface area contributed by atoms with Crippen molar-refractivity contribution in [2.45, 2.75) is 13.0 Å². The standard InChI is InChI=1S/C18H19N3O2/c1-11(22)14-8-15-16(10-20-17(15)19-9-14)12-5-4-6-13(7-12)18(23)21(2)3/h4-11,22H,1-3H3,(H,19,20). The van der Waals surface area contributed by atoms with E-state index in [0.29, 0.717) is 5.56 Å². The quantitative estimate of drug-likeness (QED) is 0.781. The molecule has 2 aromatic heterocycles. The van der Waals surface area contributed by atoms with Gasteiger partial charge in [0.2, 0.25) is 0 Å². The maximum absolute atomic E-state index is 12.1. The Morgan fingerprint density at radius 3 is 2.78 bits per heavy atom. The zero-order valence-electron chi connectivity index (χ0n) is 13.4. The van der Waals surface area contributed by atoms with E-state index >= 15 is 0 Å². The maximum Gasteiger partial charge on any atom is 0.253 e. The molecule has 1 amide bonds. The van der Waals surface area contributed by atoms with Crippen LogP contribution in [0.4, 0.5) is 0 Å². The first-order valence-corrected chi connectivity index (χ1v) is 7.44. The number of amides is 1. The van der Waals surface area contributed by atoms with E-state index in [1.54, 1.807) is 38.2 Å². The third kappa shape index (κ3) is 2.83. The van der Waals surface area contributed by atoms with Gasteiger partial charge >= 0.3 is 0 Å². The Morgan fingerprint density at radius 1 is 1.30 bits per heavy atom. The van der Waals surface area contributed by atoms with Gasteiger partial charge in [-0.3, -0.25) is 4.79 Å². The predicted octanol–water partition coefficient (Wildman–Crippen LogP) is 2.99. The number of carbonyl (C=O) groups excluding carboxylic acids is 1. The molecule has 0 radical (unpaired) electrons. The van der Waals surface area contributed by atoms with E-state index in [4.69, 9.17) is 0 Å². The van der Waals surface area contributed by atoms with Crippen molar-refractivity contribution in [2.75, 3.05) is 14.1 Å². The molecule has 1 unspecified atom stereocenters. The van der Waals surface area contributed by atoms with Gasteiger partial charge in [-0.2, -0.15) is 0 Å². The summed E-state index contributed by atoms with van der Waals surface area (Å²) in [4.78, 5) is 21.2. The number of nitrogens with zero attached hydrogens (tertiary/aromatic N) is 2. The molecule has 0 saturated carbocycles. The zero-order chi connectivity index (χ0) is 16.6. The number of hydrogen-bond acceptors (Lipinski definition) is 3. The lowest BCUT2D eigenvalue weighted by Gasteiger charge is -2.11. The molecule has 0 aliphatic carbocycles. The van der Waals surface area contributed by atoms with Gasteiger partial charge in [0.15, 0.2) is 0 Å². The third-order valence-electron chi connectivity index (χ3n) is 3.86. The smallest absolute Gasteiger partial charge is 0.253 e. The van der Waals surface area contributed by atoms with Crippen LogP contribution in [0.5, 0.6) is 0 Å². The van der Waals surface area contributed by atoms with Crippen molar-refractivity contribution in [1.82, 2.24) is 14.9 Å². The molecule has 2 heterocycles. The summed E-state index contributed by atoms with van der Waals surface area (Å²) in [5.74, 6) is -0.0329. The molecule has 0 saturated heterocycles. The first kappa shape index (κ1) is 15.2. The number of carbonyl (C=O) groups is 1. The second kappa shape index (κ2) is 5.85. The lowest BCUT2D eigenvalue weighted by molar-refractivity contribution is 0.0827. The minimum absolute atomic E-state index is 0.0329. The van der Waals surface area contributed by atoms with E-state index < -0.39 is 6.10 Å². The fraction of sp³-hybridized carbons (Fsp3) is 0.222. The number of aromatic nitrogens is 2. The Balaban J connectivity index is 2.11. The molecule has 0 fully saturated rings. The summed E-state index contributed by atoms with van der Waals surface area (Å²) in [7, 11) is 3.47. The fourth-order valence-electron chi connectivity index (χ4n) is 2.56. The summed E-state index contributed by atoms with van der Waals surface area (Å²) in [5.41, 5.74) is 4.06. The van der Waals surface area contributed by atoms with Crippen LogP contribution in [-0.2, 0) is 0 Å². The number of hydrogen-bond donors (Lipinski definition) is 2. The SMILES string of the molecule is CC(O)c1cnc2[nH]cc(-c3cccc(C(=O)N(C)C)c3)c2c1. The van der Waals surface area contributed by atoms with E-state index in [1.165, 1.54) is 0 Å². The van der Waals surface area contributed by atoms with Crippen LogP contribution in [0.3, 0.4) is 0 Å². The minimum atomic E-state index is -0.573. The minimum Gasteiger partial charge on any atom is -0.389 e. The molecule has 0 aliphatic rings. The number of nitrogens with one attached hydrogen (secondary N) is 1. The Kier molecular flexibility index (Phi) is 3.88.